The van der Waals surface area contributed by atoms with Gasteiger partial charge in [-0.25, -0.2) is 0 Å². The van der Waals surface area contributed by atoms with Crippen LogP contribution in [-0.2, 0) is 23.8 Å². The summed E-state index contributed by atoms with van der Waals surface area (Å²) in [6.45, 7) is 9.12. The second-order valence-corrected chi connectivity index (χ2v) is 8.89. The molecule has 0 heterocycles. The van der Waals surface area contributed by atoms with Crippen molar-refractivity contribution in [2.24, 2.45) is 5.92 Å². The Labute approximate surface area is 151 Å². The molecular formula is C19H30O5S. The maximum absolute atomic E-state index is 12.4. The Balaban J connectivity index is 2.78. The fourth-order valence-electron chi connectivity index (χ4n) is 2.24. The molecule has 1 aromatic carbocycles. The summed E-state index contributed by atoms with van der Waals surface area (Å²) >= 11 is 0. The van der Waals surface area contributed by atoms with Gasteiger partial charge in [0.15, 0.2) is 0 Å². The van der Waals surface area contributed by atoms with E-state index in [1.807, 2.05) is 6.92 Å². The number of esters is 1. The number of rotatable bonds is 9. The predicted molar refractivity (Wildman–Crippen MR) is 97.8 cm³/mol. The van der Waals surface area contributed by atoms with Crippen LogP contribution in [0.2, 0.25) is 0 Å². The van der Waals surface area contributed by atoms with Crippen LogP contribution in [-0.4, -0.2) is 26.6 Å². The standard InChI is InChI=1S/C19H30O5S/c1-6-7-8-9-16(18(20)24-19(3,4)5)14-23-25(21,22)17-12-10-15(2)11-13-17/h10-13,16H,6-9,14H2,1-5H3. The third-order valence-electron chi connectivity index (χ3n) is 3.63. The average Bonchev–Trinajstić information content (AvgIpc) is 2.49. The van der Waals surface area contributed by atoms with Gasteiger partial charge < -0.3 is 4.74 Å². The molecule has 0 amide bonds. The van der Waals surface area contributed by atoms with Crippen LogP contribution in [0.3, 0.4) is 0 Å². The lowest BCUT2D eigenvalue weighted by Gasteiger charge is -2.24. The van der Waals surface area contributed by atoms with Crippen molar-refractivity contribution in [3.8, 4) is 0 Å². The molecule has 0 aliphatic rings. The van der Waals surface area contributed by atoms with E-state index in [1.54, 1.807) is 32.9 Å². The highest BCUT2D eigenvalue weighted by atomic mass is 32.2. The largest absolute Gasteiger partial charge is 0.460 e. The van der Waals surface area contributed by atoms with Crippen LogP contribution in [0.25, 0.3) is 0 Å². The molecule has 0 spiro atoms. The summed E-state index contributed by atoms with van der Waals surface area (Å²) in [5, 5.41) is 0. The number of ether oxygens (including phenoxy) is 1. The second-order valence-electron chi connectivity index (χ2n) is 7.28. The zero-order valence-electron chi connectivity index (χ0n) is 15.9. The van der Waals surface area contributed by atoms with E-state index in [0.717, 1.165) is 24.8 Å². The van der Waals surface area contributed by atoms with Crippen LogP contribution >= 0.6 is 0 Å². The normalized spacial score (nSPS) is 13.5. The third-order valence-corrected chi connectivity index (χ3v) is 4.93. The Kier molecular flexibility index (Phi) is 8.09. The molecule has 0 aliphatic heterocycles. The maximum Gasteiger partial charge on any atom is 0.311 e. The number of benzene rings is 1. The summed E-state index contributed by atoms with van der Waals surface area (Å²) in [6, 6.07) is 6.43. The molecule has 0 saturated carbocycles. The van der Waals surface area contributed by atoms with Crippen molar-refractivity contribution in [3.63, 3.8) is 0 Å². The van der Waals surface area contributed by atoms with E-state index in [4.69, 9.17) is 8.92 Å². The molecule has 0 fully saturated rings. The molecule has 142 valence electrons. The van der Waals surface area contributed by atoms with Gasteiger partial charge in [-0.05, 0) is 46.2 Å². The lowest BCUT2D eigenvalue weighted by molar-refractivity contribution is -0.161. The first-order chi connectivity index (χ1) is 11.5. The maximum atomic E-state index is 12.4. The van der Waals surface area contributed by atoms with Gasteiger partial charge in [-0.1, -0.05) is 43.9 Å². The van der Waals surface area contributed by atoms with Crippen molar-refractivity contribution in [1.29, 1.82) is 0 Å². The molecule has 5 nitrogen and oxygen atoms in total. The molecule has 0 bridgehead atoms. The summed E-state index contributed by atoms with van der Waals surface area (Å²) in [7, 11) is -3.89. The first-order valence-electron chi connectivity index (χ1n) is 8.74. The van der Waals surface area contributed by atoms with Crippen molar-refractivity contribution < 1.29 is 22.1 Å². The highest BCUT2D eigenvalue weighted by molar-refractivity contribution is 7.86. The summed E-state index contributed by atoms with van der Waals surface area (Å²) < 4.78 is 35.2. The van der Waals surface area contributed by atoms with Gasteiger partial charge in [0.05, 0.1) is 17.4 Å². The van der Waals surface area contributed by atoms with Gasteiger partial charge in [0.25, 0.3) is 10.1 Å². The van der Waals surface area contributed by atoms with Crippen LogP contribution in [0.1, 0.15) is 58.9 Å². The van der Waals surface area contributed by atoms with Gasteiger partial charge in [-0.2, -0.15) is 8.42 Å². The number of carbonyl (C=O) groups excluding carboxylic acids is 1. The number of carbonyl (C=O) groups is 1. The average molecular weight is 371 g/mol. The molecule has 0 N–H and O–H groups in total. The van der Waals surface area contributed by atoms with Crippen molar-refractivity contribution >= 4 is 16.1 Å². The van der Waals surface area contributed by atoms with E-state index in [2.05, 4.69) is 6.92 Å². The first kappa shape index (κ1) is 21.6. The van der Waals surface area contributed by atoms with Crippen LogP contribution in [0.4, 0.5) is 0 Å². The van der Waals surface area contributed by atoms with Gasteiger partial charge in [0, 0.05) is 0 Å². The van der Waals surface area contributed by atoms with E-state index < -0.39 is 27.6 Å². The Morgan fingerprint density at radius 3 is 2.24 bits per heavy atom. The van der Waals surface area contributed by atoms with Crippen molar-refractivity contribution in [2.45, 2.75) is 70.8 Å². The topological polar surface area (TPSA) is 69.7 Å². The van der Waals surface area contributed by atoms with Crippen molar-refractivity contribution in [3.05, 3.63) is 29.8 Å². The molecule has 0 aliphatic carbocycles. The monoisotopic (exact) mass is 370 g/mol. The number of hydrogen-bond acceptors (Lipinski definition) is 5. The van der Waals surface area contributed by atoms with Crippen LogP contribution < -0.4 is 0 Å². The second kappa shape index (κ2) is 9.34. The Bertz CT molecular complexity index is 641. The van der Waals surface area contributed by atoms with E-state index in [-0.39, 0.29) is 11.5 Å². The molecule has 0 saturated heterocycles. The zero-order chi connectivity index (χ0) is 19.1. The first-order valence-corrected chi connectivity index (χ1v) is 10.1. The molecule has 1 unspecified atom stereocenters. The van der Waals surface area contributed by atoms with Crippen molar-refractivity contribution in [1.82, 2.24) is 0 Å². The molecule has 1 atom stereocenters. The summed E-state index contributed by atoms with van der Waals surface area (Å²) in [4.78, 5) is 12.4. The van der Waals surface area contributed by atoms with E-state index in [0.29, 0.717) is 6.42 Å². The van der Waals surface area contributed by atoms with E-state index in [9.17, 15) is 13.2 Å². The van der Waals surface area contributed by atoms with E-state index in [1.165, 1.54) is 12.1 Å². The van der Waals surface area contributed by atoms with E-state index >= 15 is 0 Å². The highest BCUT2D eigenvalue weighted by Crippen LogP contribution is 2.20. The fourth-order valence-corrected chi connectivity index (χ4v) is 3.19. The van der Waals surface area contributed by atoms with Gasteiger partial charge in [0.1, 0.15) is 5.60 Å². The van der Waals surface area contributed by atoms with Crippen LogP contribution in [0.15, 0.2) is 29.2 Å². The number of aryl methyl sites for hydroxylation is 1. The molecule has 25 heavy (non-hydrogen) atoms. The van der Waals surface area contributed by atoms with Crippen molar-refractivity contribution in [2.75, 3.05) is 6.61 Å². The Hall–Kier alpha value is -1.40. The minimum atomic E-state index is -3.89. The molecule has 1 rings (SSSR count). The summed E-state index contributed by atoms with van der Waals surface area (Å²) in [6.07, 6.45) is 3.37. The fraction of sp³-hybridized carbons (Fsp3) is 0.632. The number of hydrogen-bond donors (Lipinski definition) is 0. The quantitative estimate of drug-likeness (QED) is 0.369. The summed E-state index contributed by atoms with van der Waals surface area (Å²) in [5.74, 6) is -1.01. The van der Waals surface area contributed by atoms with Gasteiger partial charge >= 0.3 is 5.97 Å². The lowest BCUT2D eigenvalue weighted by atomic mass is 10.0. The third kappa shape index (κ3) is 8.01. The minimum absolute atomic E-state index is 0.0922. The van der Waals surface area contributed by atoms with Gasteiger partial charge in [-0.3, -0.25) is 8.98 Å². The molecular weight excluding hydrogens is 340 g/mol. The summed E-state index contributed by atoms with van der Waals surface area (Å²) in [5.41, 5.74) is 0.348. The minimum Gasteiger partial charge on any atom is -0.460 e. The molecule has 6 heteroatoms. The lowest BCUT2D eigenvalue weighted by Crippen LogP contribution is -2.31. The number of unbranched alkanes of at least 4 members (excludes halogenated alkanes) is 2. The van der Waals surface area contributed by atoms with Gasteiger partial charge in [-0.15, -0.1) is 0 Å². The van der Waals surface area contributed by atoms with Gasteiger partial charge in [0.2, 0.25) is 0 Å². The Morgan fingerprint density at radius 2 is 1.72 bits per heavy atom. The van der Waals surface area contributed by atoms with Crippen LogP contribution in [0.5, 0.6) is 0 Å². The smallest absolute Gasteiger partial charge is 0.311 e. The SMILES string of the molecule is CCCCCC(COS(=O)(=O)c1ccc(C)cc1)C(=O)OC(C)(C)C. The highest BCUT2D eigenvalue weighted by Gasteiger charge is 2.27. The Morgan fingerprint density at radius 1 is 1.12 bits per heavy atom. The molecule has 1 aromatic rings. The zero-order valence-corrected chi connectivity index (χ0v) is 16.7. The molecule has 0 radical (unpaired) electrons. The predicted octanol–water partition coefficient (Wildman–Crippen LogP) is 4.24. The molecule has 0 aromatic heterocycles. The van der Waals surface area contributed by atoms with Crippen LogP contribution in [0, 0.1) is 12.8 Å².